The Hall–Kier alpha value is -2.94. The number of allylic oxidation sites excluding steroid dienone is 1. The molecule has 1 unspecified atom stereocenters. The van der Waals surface area contributed by atoms with Crippen LogP contribution in [0.1, 0.15) is 42.0 Å². The number of carbonyl (C=O) groups excluding carboxylic acids is 1. The predicted molar refractivity (Wildman–Crippen MR) is 105 cm³/mol. The fraction of sp³-hybridized carbons (Fsp3) is 0.217. The number of rotatable bonds is 1. The lowest BCUT2D eigenvalue weighted by Crippen LogP contribution is -2.27. The Labute approximate surface area is 152 Å². The molecule has 2 aromatic carbocycles. The molecule has 1 N–H and O–H groups in total. The molecule has 1 aliphatic carbocycles. The fourth-order valence-corrected chi connectivity index (χ4v) is 4.43. The van der Waals surface area contributed by atoms with Crippen LogP contribution >= 0.6 is 0 Å². The highest BCUT2D eigenvalue weighted by molar-refractivity contribution is 6.12. The molecular formula is C23H20N2O. The van der Waals surface area contributed by atoms with Gasteiger partial charge in [0.05, 0.1) is 11.6 Å². The second-order valence-electron chi connectivity index (χ2n) is 7.16. The van der Waals surface area contributed by atoms with E-state index in [-0.39, 0.29) is 11.8 Å². The van der Waals surface area contributed by atoms with E-state index < -0.39 is 0 Å². The molecule has 0 bridgehead atoms. The van der Waals surface area contributed by atoms with Crippen molar-refractivity contribution in [3.8, 4) is 0 Å². The minimum atomic E-state index is -0.0689. The first kappa shape index (κ1) is 15.3. The number of aryl methyl sites for hydroxylation is 1. The molecule has 0 fully saturated rings. The summed E-state index contributed by atoms with van der Waals surface area (Å²) in [5, 5.41) is 4.80. The average molecular weight is 340 g/mol. The Morgan fingerprint density at radius 1 is 1.04 bits per heavy atom. The van der Waals surface area contributed by atoms with Gasteiger partial charge in [0.15, 0.2) is 5.78 Å². The lowest BCUT2D eigenvalue weighted by Gasteiger charge is -2.35. The van der Waals surface area contributed by atoms with Gasteiger partial charge in [-0.2, -0.15) is 0 Å². The van der Waals surface area contributed by atoms with Crippen LogP contribution in [0.15, 0.2) is 60.3 Å². The van der Waals surface area contributed by atoms with Crippen molar-refractivity contribution in [2.24, 2.45) is 0 Å². The van der Waals surface area contributed by atoms with Crippen molar-refractivity contribution in [3.63, 3.8) is 0 Å². The molecule has 1 aromatic heterocycles. The normalized spacial score (nSPS) is 19.1. The van der Waals surface area contributed by atoms with Crippen molar-refractivity contribution >= 4 is 27.9 Å². The maximum Gasteiger partial charge on any atom is 0.161 e. The van der Waals surface area contributed by atoms with Gasteiger partial charge in [-0.1, -0.05) is 30.3 Å². The smallest absolute Gasteiger partial charge is 0.161 e. The van der Waals surface area contributed by atoms with E-state index in [2.05, 4.69) is 53.6 Å². The van der Waals surface area contributed by atoms with Crippen LogP contribution in [-0.2, 0) is 4.79 Å². The van der Waals surface area contributed by atoms with Gasteiger partial charge in [0.2, 0.25) is 0 Å². The molecule has 128 valence electrons. The fourth-order valence-electron chi connectivity index (χ4n) is 4.43. The third kappa shape index (κ3) is 2.20. The van der Waals surface area contributed by atoms with Gasteiger partial charge in [-0.15, -0.1) is 0 Å². The number of benzene rings is 2. The van der Waals surface area contributed by atoms with Gasteiger partial charge in [0, 0.05) is 34.8 Å². The van der Waals surface area contributed by atoms with Gasteiger partial charge >= 0.3 is 0 Å². The van der Waals surface area contributed by atoms with Gasteiger partial charge in [0.25, 0.3) is 0 Å². The highest BCUT2D eigenvalue weighted by atomic mass is 16.1. The number of aromatic nitrogens is 1. The quantitative estimate of drug-likeness (QED) is 0.660. The van der Waals surface area contributed by atoms with E-state index in [0.717, 1.165) is 35.0 Å². The number of anilines is 1. The second kappa shape index (κ2) is 5.80. The zero-order valence-electron chi connectivity index (χ0n) is 14.8. The van der Waals surface area contributed by atoms with Crippen molar-refractivity contribution in [3.05, 3.63) is 77.0 Å². The SMILES string of the molecule is Cc1ccccc1C1Nc2ccc3ncccc3c2C2=C1C(=O)CCC2. The summed E-state index contributed by atoms with van der Waals surface area (Å²) in [4.78, 5) is 17.5. The van der Waals surface area contributed by atoms with Crippen LogP contribution in [0.4, 0.5) is 5.69 Å². The van der Waals surface area contributed by atoms with E-state index in [1.54, 1.807) is 0 Å². The monoisotopic (exact) mass is 340 g/mol. The van der Waals surface area contributed by atoms with Gasteiger partial charge in [-0.05, 0) is 54.7 Å². The lowest BCUT2D eigenvalue weighted by molar-refractivity contribution is -0.116. The van der Waals surface area contributed by atoms with E-state index in [0.29, 0.717) is 6.42 Å². The van der Waals surface area contributed by atoms with Crippen LogP contribution < -0.4 is 5.32 Å². The summed E-state index contributed by atoms with van der Waals surface area (Å²) < 4.78 is 0. The summed E-state index contributed by atoms with van der Waals surface area (Å²) in [6.45, 7) is 2.12. The molecular weight excluding hydrogens is 320 g/mol. The van der Waals surface area contributed by atoms with Gasteiger partial charge in [-0.3, -0.25) is 9.78 Å². The number of hydrogen-bond donors (Lipinski definition) is 1. The first-order valence-corrected chi connectivity index (χ1v) is 9.20. The number of nitrogens with one attached hydrogen (secondary N) is 1. The highest BCUT2D eigenvalue weighted by Crippen LogP contribution is 2.48. The largest absolute Gasteiger partial charge is 0.373 e. The topological polar surface area (TPSA) is 42.0 Å². The van der Waals surface area contributed by atoms with E-state index in [1.165, 1.54) is 22.3 Å². The summed E-state index contributed by atoms with van der Waals surface area (Å²) in [6, 6.07) is 16.5. The van der Waals surface area contributed by atoms with E-state index in [1.807, 2.05) is 18.3 Å². The predicted octanol–water partition coefficient (Wildman–Crippen LogP) is 5.22. The van der Waals surface area contributed by atoms with Gasteiger partial charge in [-0.25, -0.2) is 0 Å². The first-order chi connectivity index (χ1) is 12.7. The lowest BCUT2D eigenvalue weighted by atomic mass is 9.76. The van der Waals surface area contributed by atoms with Gasteiger partial charge in [0.1, 0.15) is 0 Å². The van der Waals surface area contributed by atoms with Crippen molar-refractivity contribution in [1.29, 1.82) is 0 Å². The van der Waals surface area contributed by atoms with Crippen molar-refractivity contribution in [2.75, 3.05) is 5.32 Å². The van der Waals surface area contributed by atoms with Crippen LogP contribution in [-0.4, -0.2) is 10.8 Å². The molecule has 1 aliphatic heterocycles. The summed E-state index contributed by atoms with van der Waals surface area (Å²) >= 11 is 0. The van der Waals surface area contributed by atoms with Gasteiger partial charge < -0.3 is 5.32 Å². The minimum absolute atomic E-state index is 0.0689. The molecule has 3 aromatic rings. The Balaban J connectivity index is 1.81. The number of ketones is 1. The van der Waals surface area contributed by atoms with Crippen LogP contribution in [0.25, 0.3) is 16.5 Å². The van der Waals surface area contributed by atoms with E-state index in [9.17, 15) is 4.79 Å². The standard InChI is InChI=1S/C23H20N2O/c1-14-6-2-3-7-15(14)23-22-17(8-4-10-20(22)26)21-16-9-5-13-24-18(16)11-12-19(21)25-23/h2-3,5-7,9,11-13,23,25H,4,8,10H2,1H3. The Bertz CT molecular complexity index is 1080. The van der Waals surface area contributed by atoms with Crippen LogP contribution in [0.3, 0.4) is 0 Å². The summed E-state index contributed by atoms with van der Waals surface area (Å²) in [6.07, 6.45) is 4.34. The molecule has 0 spiro atoms. The number of pyridine rings is 1. The minimum Gasteiger partial charge on any atom is -0.373 e. The third-order valence-corrected chi connectivity index (χ3v) is 5.63. The second-order valence-corrected chi connectivity index (χ2v) is 7.16. The summed E-state index contributed by atoms with van der Waals surface area (Å²) in [5.74, 6) is 0.276. The number of hydrogen-bond acceptors (Lipinski definition) is 3. The van der Waals surface area contributed by atoms with Crippen molar-refractivity contribution < 1.29 is 4.79 Å². The van der Waals surface area contributed by atoms with Crippen LogP contribution in [0.2, 0.25) is 0 Å². The molecule has 5 rings (SSSR count). The van der Waals surface area contributed by atoms with E-state index >= 15 is 0 Å². The average Bonchev–Trinajstić information content (AvgIpc) is 2.67. The first-order valence-electron chi connectivity index (χ1n) is 9.20. The zero-order chi connectivity index (χ0) is 17.7. The molecule has 0 radical (unpaired) electrons. The summed E-state index contributed by atoms with van der Waals surface area (Å²) in [7, 11) is 0. The Kier molecular flexibility index (Phi) is 3.42. The van der Waals surface area contributed by atoms with Crippen molar-refractivity contribution in [1.82, 2.24) is 4.98 Å². The number of fused-ring (bicyclic) bond motifs is 4. The third-order valence-electron chi connectivity index (χ3n) is 5.63. The number of nitrogens with zero attached hydrogens (tertiary/aromatic N) is 1. The van der Waals surface area contributed by atoms with E-state index in [4.69, 9.17) is 0 Å². The molecule has 1 atom stereocenters. The molecule has 3 nitrogen and oxygen atoms in total. The molecule has 2 heterocycles. The Morgan fingerprint density at radius 2 is 1.92 bits per heavy atom. The molecule has 0 amide bonds. The van der Waals surface area contributed by atoms with Crippen molar-refractivity contribution in [2.45, 2.75) is 32.2 Å². The molecule has 3 heteroatoms. The van der Waals surface area contributed by atoms with Crippen LogP contribution in [0.5, 0.6) is 0 Å². The maximum atomic E-state index is 13.0. The molecule has 2 aliphatic rings. The maximum absolute atomic E-state index is 13.0. The zero-order valence-corrected chi connectivity index (χ0v) is 14.8. The molecule has 0 saturated heterocycles. The summed E-state index contributed by atoms with van der Waals surface area (Å²) in [5.41, 5.74) is 7.81. The number of carbonyl (C=O) groups is 1. The number of Topliss-reactive ketones (excluding diaryl/α,β-unsaturated/α-hetero) is 1. The molecule has 0 saturated carbocycles. The Morgan fingerprint density at radius 3 is 2.81 bits per heavy atom. The van der Waals surface area contributed by atoms with Crippen LogP contribution in [0, 0.1) is 6.92 Å². The highest BCUT2D eigenvalue weighted by Gasteiger charge is 2.35. The molecule has 26 heavy (non-hydrogen) atoms.